The van der Waals surface area contributed by atoms with Gasteiger partial charge in [-0.3, -0.25) is 4.79 Å². The molecule has 0 saturated heterocycles. The second kappa shape index (κ2) is 6.78. The molecule has 0 spiro atoms. The van der Waals surface area contributed by atoms with Gasteiger partial charge in [-0.2, -0.15) is 0 Å². The van der Waals surface area contributed by atoms with Crippen LogP contribution in [-0.2, 0) is 34.7 Å². The van der Waals surface area contributed by atoms with Crippen LogP contribution >= 0.6 is 0 Å². The maximum atomic E-state index is 13.2. The third-order valence-corrected chi connectivity index (χ3v) is 6.38. The third kappa shape index (κ3) is 2.66. The molecular weight excluding hydrogens is 394 g/mol. The average molecular weight is 417 g/mol. The number of ether oxygens (including phenoxy) is 1. The van der Waals surface area contributed by atoms with Gasteiger partial charge in [0.1, 0.15) is 6.61 Å². The first-order chi connectivity index (χ1) is 14.9. The molecular formula is C24H23N3O4. The zero-order chi connectivity index (χ0) is 21.9. The van der Waals surface area contributed by atoms with Crippen LogP contribution in [0.25, 0.3) is 28.4 Å². The first-order valence-corrected chi connectivity index (χ1v) is 10.4. The van der Waals surface area contributed by atoms with Gasteiger partial charge < -0.3 is 20.1 Å². The van der Waals surface area contributed by atoms with E-state index in [0.29, 0.717) is 29.1 Å². The molecule has 0 amide bonds. The van der Waals surface area contributed by atoms with Crippen LogP contribution in [0.5, 0.6) is 0 Å². The Morgan fingerprint density at radius 3 is 2.77 bits per heavy atom. The quantitative estimate of drug-likeness (QED) is 0.496. The molecule has 7 nitrogen and oxygen atoms in total. The Kier molecular flexibility index (Phi) is 4.27. The van der Waals surface area contributed by atoms with Gasteiger partial charge in [0.05, 0.1) is 29.0 Å². The van der Waals surface area contributed by atoms with E-state index in [1.807, 2.05) is 12.1 Å². The van der Waals surface area contributed by atoms with Gasteiger partial charge >= 0.3 is 5.97 Å². The number of carbonyl (C=O) groups excluding carboxylic acids is 1. The number of benzene rings is 1. The maximum absolute atomic E-state index is 13.2. The summed E-state index contributed by atoms with van der Waals surface area (Å²) in [5.74, 6) is -0.717. The highest BCUT2D eigenvalue weighted by atomic mass is 16.6. The van der Waals surface area contributed by atoms with E-state index in [9.17, 15) is 14.7 Å². The fourth-order valence-electron chi connectivity index (χ4n) is 4.67. The van der Waals surface area contributed by atoms with Crippen molar-refractivity contribution in [1.82, 2.24) is 9.55 Å². The van der Waals surface area contributed by atoms with Crippen molar-refractivity contribution in [2.75, 3.05) is 0 Å². The first kappa shape index (κ1) is 19.5. The normalized spacial score (nSPS) is 19.4. The number of fused-ring (bicyclic) bond motifs is 5. The molecule has 0 fully saturated rings. The lowest BCUT2D eigenvalue weighted by Gasteiger charge is -2.31. The highest BCUT2D eigenvalue weighted by Crippen LogP contribution is 2.39. The Morgan fingerprint density at radius 1 is 1.26 bits per heavy atom. The Hall–Kier alpha value is -3.45. The fourth-order valence-corrected chi connectivity index (χ4v) is 4.67. The highest BCUT2D eigenvalue weighted by molar-refractivity contribution is 5.89. The molecule has 7 heteroatoms. The van der Waals surface area contributed by atoms with Gasteiger partial charge in [0, 0.05) is 16.5 Å². The molecule has 0 saturated carbocycles. The van der Waals surface area contributed by atoms with Crippen LogP contribution in [0, 0.1) is 0 Å². The van der Waals surface area contributed by atoms with Gasteiger partial charge in [0.2, 0.25) is 0 Å². The summed E-state index contributed by atoms with van der Waals surface area (Å²) in [4.78, 5) is 30.5. The number of nitrogens with zero attached hydrogens (tertiary/aromatic N) is 2. The standard InChI is InChI=1S/C24H23N3O4/c1-3-14-7-13(5-6-25)8-15-9-16-11-27-19(21(16)26-20(14)15)10-18-17(22(27)28)12-31-23(29)24(18,30)4-2/h5-10,30H,3-4,11-12,25H2,1-2H3/b6-5+/t24-/m0/s1. The van der Waals surface area contributed by atoms with Gasteiger partial charge in [0.25, 0.3) is 5.56 Å². The van der Waals surface area contributed by atoms with E-state index in [4.69, 9.17) is 15.5 Å². The monoisotopic (exact) mass is 417 g/mol. The van der Waals surface area contributed by atoms with Gasteiger partial charge in [-0.1, -0.05) is 13.8 Å². The van der Waals surface area contributed by atoms with Crippen LogP contribution in [0.2, 0.25) is 0 Å². The van der Waals surface area contributed by atoms with Crippen LogP contribution < -0.4 is 11.3 Å². The number of pyridine rings is 2. The van der Waals surface area contributed by atoms with Crippen molar-refractivity contribution in [1.29, 1.82) is 0 Å². The van der Waals surface area contributed by atoms with Gasteiger partial charge in [0.15, 0.2) is 5.60 Å². The smallest absolute Gasteiger partial charge is 0.343 e. The number of hydrogen-bond acceptors (Lipinski definition) is 6. The number of rotatable bonds is 3. The Bertz CT molecular complexity index is 1360. The summed E-state index contributed by atoms with van der Waals surface area (Å²) in [7, 11) is 0. The predicted molar refractivity (Wildman–Crippen MR) is 117 cm³/mol. The Morgan fingerprint density at radius 2 is 2.06 bits per heavy atom. The molecule has 1 atom stereocenters. The minimum atomic E-state index is -1.82. The SMILES string of the molecule is CCc1cc(/C=C/N)cc2cc3c(nc12)-c1cc2c(c(=O)n1C3)COC(=O)[C@]2(O)CC. The molecule has 158 valence electrons. The lowest BCUT2D eigenvalue weighted by molar-refractivity contribution is -0.172. The van der Waals surface area contributed by atoms with Gasteiger partial charge in [-0.25, -0.2) is 9.78 Å². The van der Waals surface area contributed by atoms with Crippen LogP contribution in [0.1, 0.15) is 48.1 Å². The van der Waals surface area contributed by atoms with E-state index in [2.05, 4.69) is 19.1 Å². The largest absolute Gasteiger partial charge is 0.458 e. The van der Waals surface area contributed by atoms with Crippen molar-refractivity contribution >= 4 is 22.9 Å². The number of nitrogens with two attached hydrogens (primary N) is 1. The number of hydrogen-bond donors (Lipinski definition) is 2. The topological polar surface area (TPSA) is 107 Å². The van der Waals surface area contributed by atoms with E-state index in [1.54, 1.807) is 17.6 Å². The van der Waals surface area contributed by atoms with E-state index >= 15 is 0 Å². The molecule has 2 aliphatic heterocycles. The number of aromatic nitrogens is 2. The number of cyclic esters (lactones) is 1. The van der Waals surface area contributed by atoms with Crippen LogP contribution in [0.15, 0.2) is 35.3 Å². The van der Waals surface area contributed by atoms with Crippen LogP contribution in [0.4, 0.5) is 0 Å². The summed E-state index contributed by atoms with van der Waals surface area (Å²) in [6.45, 7) is 4.02. The van der Waals surface area contributed by atoms with Gasteiger partial charge in [-0.05, 0) is 60.5 Å². The Balaban J connectivity index is 1.77. The second-order valence-electron chi connectivity index (χ2n) is 8.06. The van der Waals surface area contributed by atoms with Crippen molar-refractivity contribution in [3.8, 4) is 11.4 Å². The molecule has 2 aromatic heterocycles. The molecule has 0 aliphatic carbocycles. The first-order valence-electron chi connectivity index (χ1n) is 10.4. The lowest BCUT2D eigenvalue weighted by Crippen LogP contribution is -2.44. The molecule has 0 bridgehead atoms. The van der Waals surface area contributed by atoms with Crippen LogP contribution in [0.3, 0.4) is 0 Å². The number of carbonyl (C=O) groups is 1. The zero-order valence-corrected chi connectivity index (χ0v) is 17.4. The summed E-state index contributed by atoms with van der Waals surface area (Å²) in [5.41, 5.74) is 9.38. The summed E-state index contributed by atoms with van der Waals surface area (Å²) in [6.07, 6.45) is 4.28. The molecule has 1 aromatic carbocycles. The third-order valence-electron chi connectivity index (χ3n) is 6.38. The van der Waals surface area contributed by atoms with E-state index < -0.39 is 11.6 Å². The number of aliphatic hydroxyl groups is 1. The minimum Gasteiger partial charge on any atom is -0.458 e. The molecule has 3 N–H and O–H groups in total. The van der Waals surface area contributed by atoms with Crippen molar-refractivity contribution in [3.63, 3.8) is 0 Å². The van der Waals surface area contributed by atoms with Crippen molar-refractivity contribution in [2.24, 2.45) is 5.73 Å². The lowest BCUT2D eigenvalue weighted by atomic mass is 9.86. The molecule has 4 heterocycles. The van der Waals surface area contributed by atoms with E-state index in [0.717, 1.165) is 34.0 Å². The molecule has 5 rings (SSSR count). The fraction of sp³-hybridized carbons (Fsp3) is 0.292. The summed E-state index contributed by atoms with van der Waals surface area (Å²) >= 11 is 0. The number of esters is 1. The van der Waals surface area contributed by atoms with Crippen molar-refractivity contribution in [2.45, 2.75) is 45.4 Å². The van der Waals surface area contributed by atoms with Crippen molar-refractivity contribution in [3.05, 3.63) is 68.6 Å². The number of aryl methyl sites for hydroxylation is 1. The molecule has 3 aromatic rings. The average Bonchev–Trinajstić information content (AvgIpc) is 3.13. The Labute approximate surface area is 178 Å². The van der Waals surface area contributed by atoms with Crippen molar-refractivity contribution < 1.29 is 14.6 Å². The molecule has 2 aliphatic rings. The predicted octanol–water partition coefficient (Wildman–Crippen LogP) is 2.57. The summed E-state index contributed by atoms with van der Waals surface area (Å²) in [6, 6.07) is 7.89. The molecule has 31 heavy (non-hydrogen) atoms. The van der Waals surface area contributed by atoms with Gasteiger partial charge in [-0.15, -0.1) is 0 Å². The van der Waals surface area contributed by atoms with E-state index in [-0.39, 0.29) is 18.6 Å². The van der Waals surface area contributed by atoms with Crippen LogP contribution in [-0.4, -0.2) is 20.6 Å². The maximum Gasteiger partial charge on any atom is 0.343 e. The van der Waals surface area contributed by atoms with E-state index in [1.165, 1.54) is 6.20 Å². The molecule has 0 unspecified atom stereocenters. The highest BCUT2D eigenvalue weighted by Gasteiger charge is 2.45. The summed E-state index contributed by atoms with van der Waals surface area (Å²) < 4.78 is 6.77. The summed E-state index contributed by atoms with van der Waals surface area (Å²) in [5, 5.41) is 12.0. The second-order valence-corrected chi connectivity index (χ2v) is 8.06. The molecule has 0 radical (unpaired) electrons. The zero-order valence-electron chi connectivity index (χ0n) is 17.4. The minimum absolute atomic E-state index is 0.122.